The predicted molar refractivity (Wildman–Crippen MR) is 102 cm³/mol. The van der Waals surface area contributed by atoms with Crippen molar-refractivity contribution < 1.29 is 14.3 Å². The van der Waals surface area contributed by atoms with Crippen LogP contribution in [0.25, 0.3) is 10.9 Å². The van der Waals surface area contributed by atoms with Gasteiger partial charge in [0.2, 0.25) is 0 Å². The van der Waals surface area contributed by atoms with Crippen LogP contribution in [-0.2, 0) is 6.54 Å². The van der Waals surface area contributed by atoms with E-state index in [1.165, 1.54) is 7.11 Å². The first kappa shape index (κ1) is 18.4. The van der Waals surface area contributed by atoms with Crippen molar-refractivity contribution in [3.63, 3.8) is 0 Å². The van der Waals surface area contributed by atoms with Gasteiger partial charge in [0.1, 0.15) is 5.82 Å². The molecule has 0 radical (unpaired) electrons. The van der Waals surface area contributed by atoms with Gasteiger partial charge in [0, 0.05) is 12.1 Å². The molecule has 1 aromatic heterocycles. The first-order chi connectivity index (χ1) is 13.1. The Bertz CT molecular complexity index is 1030. The number of nitrogens with zero attached hydrogens (tertiary/aromatic N) is 2. The van der Waals surface area contributed by atoms with E-state index in [0.717, 1.165) is 0 Å². The van der Waals surface area contributed by atoms with E-state index >= 15 is 0 Å². The second-order valence-electron chi connectivity index (χ2n) is 5.92. The average Bonchev–Trinajstić information content (AvgIpc) is 2.71. The van der Waals surface area contributed by atoms with E-state index in [-0.39, 0.29) is 18.0 Å². The topological polar surface area (TPSA) is 84.5 Å². The third-order valence-electron chi connectivity index (χ3n) is 4.30. The number of benzene rings is 2. The third-order valence-corrected chi connectivity index (χ3v) is 4.30. The molecule has 0 aliphatic carbocycles. The zero-order valence-corrected chi connectivity index (χ0v) is 15.5. The van der Waals surface area contributed by atoms with Crippen LogP contribution < -0.4 is 15.0 Å². The Balaban J connectivity index is 1.89. The van der Waals surface area contributed by atoms with Gasteiger partial charge in [-0.05, 0) is 37.3 Å². The number of rotatable bonds is 6. The lowest BCUT2D eigenvalue weighted by atomic mass is 10.1. The van der Waals surface area contributed by atoms with Gasteiger partial charge in [0.15, 0.2) is 11.5 Å². The second kappa shape index (κ2) is 7.90. The molecule has 0 aliphatic rings. The summed E-state index contributed by atoms with van der Waals surface area (Å²) in [6, 6.07) is 12.1. The summed E-state index contributed by atoms with van der Waals surface area (Å²) in [5, 5.41) is 0.524. The number of para-hydroxylation sites is 1. The number of H-pyrrole nitrogens is 1. The minimum atomic E-state index is -0.217. The van der Waals surface area contributed by atoms with Crippen LogP contribution in [-0.4, -0.2) is 41.5 Å². The SMILES string of the molecule is CCN(Cc1nc2ccccc2c(=O)[nH]1)C(=O)c1ccc(OC)c(OC)c1. The van der Waals surface area contributed by atoms with E-state index in [2.05, 4.69) is 9.97 Å². The Kier molecular flexibility index (Phi) is 5.40. The molecule has 0 atom stereocenters. The fourth-order valence-electron chi connectivity index (χ4n) is 2.87. The highest BCUT2D eigenvalue weighted by molar-refractivity contribution is 5.95. The first-order valence-corrected chi connectivity index (χ1v) is 8.56. The number of fused-ring (bicyclic) bond motifs is 1. The number of carbonyl (C=O) groups excluding carboxylic acids is 1. The molecule has 0 aliphatic heterocycles. The number of amides is 1. The van der Waals surface area contributed by atoms with Crippen LogP contribution >= 0.6 is 0 Å². The first-order valence-electron chi connectivity index (χ1n) is 8.56. The maximum absolute atomic E-state index is 12.9. The normalized spacial score (nSPS) is 10.6. The smallest absolute Gasteiger partial charge is 0.258 e. The molecule has 3 aromatic rings. The standard InChI is InChI=1S/C20H21N3O4/c1-4-23(20(25)13-9-10-16(26-2)17(11-13)27-3)12-18-21-15-8-6-5-7-14(15)19(24)22-18/h5-11H,4,12H2,1-3H3,(H,21,22,24). The van der Waals surface area contributed by atoms with Gasteiger partial charge in [-0.15, -0.1) is 0 Å². The van der Waals surface area contributed by atoms with Crippen LogP contribution in [0.2, 0.25) is 0 Å². The molecule has 1 amide bonds. The maximum atomic E-state index is 12.9. The fourth-order valence-corrected chi connectivity index (χ4v) is 2.87. The number of methoxy groups -OCH3 is 2. The molecule has 2 aromatic carbocycles. The van der Waals surface area contributed by atoms with Gasteiger partial charge < -0.3 is 19.4 Å². The number of nitrogens with one attached hydrogen (secondary N) is 1. The lowest BCUT2D eigenvalue weighted by Crippen LogP contribution is -2.32. The van der Waals surface area contributed by atoms with Gasteiger partial charge in [0.25, 0.3) is 11.5 Å². The molecule has 0 saturated carbocycles. The van der Waals surface area contributed by atoms with Crippen molar-refractivity contribution in [2.45, 2.75) is 13.5 Å². The van der Waals surface area contributed by atoms with Crippen molar-refractivity contribution in [1.82, 2.24) is 14.9 Å². The second-order valence-corrected chi connectivity index (χ2v) is 5.92. The number of aromatic nitrogens is 2. The molecule has 0 fully saturated rings. The van der Waals surface area contributed by atoms with E-state index in [4.69, 9.17) is 9.47 Å². The van der Waals surface area contributed by atoms with Gasteiger partial charge in [-0.3, -0.25) is 9.59 Å². The summed E-state index contributed by atoms with van der Waals surface area (Å²) in [5.74, 6) is 1.29. The summed E-state index contributed by atoms with van der Waals surface area (Å²) in [4.78, 5) is 34.0. The Morgan fingerprint density at radius 1 is 1.11 bits per heavy atom. The number of ether oxygens (including phenoxy) is 2. The Morgan fingerprint density at radius 3 is 2.56 bits per heavy atom. The fraction of sp³-hybridized carbons (Fsp3) is 0.250. The molecule has 7 nitrogen and oxygen atoms in total. The van der Waals surface area contributed by atoms with Crippen molar-refractivity contribution in [2.75, 3.05) is 20.8 Å². The van der Waals surface area contributed by atoms with Crippen LogP contribution in [0.1, 0.15) is 23.1 Å². The third kappa shape index (κ3) is 3.76. The monoisotopic (exact) mass is 367 g/mol. The lowest BCUT2D eigenvalue weighted by molar-refractivity contribution is 0.0748. The Morgan fingerprint density at radius 2 is 1.85 bits per heavy atom. The minimum Gasteiger partial charge on any atom is -0.493 e. The minimum absolute atomic E-state index is 0.186. The predicted octanol–water partition coefficient (Wildman–Crippen LogP) is 2.60. The van der Waals surface area contributed by atoms with Crippen LogP contribution in [0.3, 0.4) is 0 Å². The van der Waals surface area contributed by atoms with Gasteiger partial charge >= 0.3 is 0 Å². The molecule has 0 saturated heterocycles. The van der Waals surface area contributed by atoms with E-state index in [1.807, 2.05) is 13.0 Å². The zero-order chi connectivity index (χ0) is 19.4. The quantitative estimate of drug-likeness (QED) is 0.724. The Hall–Kier alpha value is -3.35. The summed E-state index contributed by atoms with van der Waals surface area (Å²) >= 11 is 0. The van der Waals surface area contributed by atoms with Crippen LogP contribution in [0.15, 0.2) is 47.3 Å². The zero-order valence-electron chi connectivity index (χ0n) is 15.5. The van der Waals surface area contributed by atoms with Crippen molar-refractivity contribution in [3.05, 3.63) is 64.2 Å². The number of hydrogen-bond donors (Lipinski definition) is 1. The Labute approximate surface area is 156 Å². The van der Waals surface area contributed by atoms with Crippen LogP contribution in [0.5, 0.6) is 11.5 Å². The summed E-state index contributed by atoms with van der Waals surface area (Å²) in [7, 11) is 3.06. The van der Waals surface area contributed by atoms with Crippen molar-refractivity contribution >= 4 is 16.8 Å². The summed E-state index contributed by atoms with van der Waals surface area (Å²) < 4.78 is 10.5. The number of carbonyl (C=O) groups is 1. The van der Waals surface area contributed by atoms with Crippen molar-refractivity contribution in [2.24, 2.45) is 0 Å². The van der Waals surface area contributed by atoms with E-state index in [0.29, 0.717) is 40.3 Å². The largest absolute Gasteiger partial charge is 0.493 e. The molecular formula is C20H21N3O4. The molecule has 0 bridgehead atoms. The average molecular weight is 367 g/mol. The van der Waals surface area contributed by atoms with Crippen molar-refractivity contribution in [1.29, 1.82) is 0 Å². The van der Waals surface area contributed by atoms with Gasteiger partial charge in [-0.25, -0.2) is 4.98 Å². The summed E-state index contributed by atoms with van der Waals surface area (Å²) in [5.41, 5.74) is 0.855. The van der Waals surface area contributed by atoms with E-state index in [9.17, 15) is 9.59 Å². The highest BCUT2D eigenvalue weighted by atomic mass is 16.5. The highest BCUT2D eigenvalue weighted by Gasteiger charge is 2.18. The molecular weight excluding hydrogens is 346 g/mol. The van der Waals surface area contributed by atoms with Crippen molar-refractivity contribution in [3.8, 4) is 11.5 Å². The molecule has 7 heteroatoms. The van der Waals surface area contributed by atoms with Crippen LogP contribution in [0.4, 0.5) is 0 Å². The summed E-state index contributed by atoms with van der Waals surface area (Å²) in [6.07, 6.45) is 0. The van der Waals surface area contributed by atoms with Gasteiger partial charge in [-0.2, -0.15) is 0 Å². The molecule has 27 heavy (non-hydrogen) atoms. The molecule has 1 heterocycles. The van der Waals surface area contributed by atoms with Gasteiger partial charge in [-0.1, -0.05) is 12.1 Å². The van der Waals surface area contributed by atoms with Crippen LogP contribution in [0, 0.1) is 0 Å². The molecule has 3 rings (SSSR count). The molecule has 0 unspecified atom stereocenters. The number of hydrogen-bond acceptors (Lipinski definition) is 5. The number of aromatic amines is 1. The van der Waals surface area contributed by atoms with Gasteiger partial charge in [0.05, 0.1) is 31.7 Å². The van der Waals surface area contributed by atoms with E-state index < -0.39 is 0 Å². The maximum Gasteiger partial charge on any atom is 0.258 e. The molecule has 140 valence electrons. The molecule has 1 N–H and O–H groups in total. The summed E-state index contributed by atoms with van der Waals surface area (Å²) in [6.45, 7) is 2.53. The highest BCUT2D eigenvalue weighted by Crippen LogP contribution is 2.28. The molecule has 0 spiro atoms. The van der Waals surface area contributed by atoms with E-state index in [1.54, 1.807) is 48.4 Å². The lowest BCUT2D eigenvalue weighted by Gasteiger charge is -2.21.